The van der Waals surface area contributed by atoms with Crippen LogP contribution in [-0.4, -0.2) is 62.1 Å². The molecule has 0 aromatic heterocycles. The Morgan fingerprint density at radius 2 is 1.86 bits per heavy atom. The predicted molar refractivity (Wildman–Crippen MR) is 86.0 cm³/mol. The molecule has 0 spiro atoms. The molecule has 0 aromatic carbocycles. The summed E-state index contributed by atoms with van der Waals surface area (Å²) in [6, 6.07) is 0. The molecule has 1 amide bonds. The molecule has 4 heteroatoms. The Morgan fingerprint density at radius 3 is 2.48 bits per heavy atom. The molecule has 1 aliphatic heterocycles. The maximum Gasteiger partial charge on any atom is 0.222 e. The van der Waals surface area contributed by atoms with E-state index in [1.807, 2.05) is 4.90 Å². The minimum atomic E-state index is 0.306. The average Bonchev–Trinajstić information content (AvgIpc) is 2.47. The average molecular weight is 294 g/mol. The maximum atomic E-state index is 12.1. The van der Waals surface area contributed by atoms with Gasteiger partial charge in [0.1, 0.15) is 0 Å². The number of carbonyl (C=O) groups is 1. The van der Waals surface area contributed by atoms with E-state index in [0.29, 0.717) is 18.2 Å². The third-order valence-corrected chi connectivity index (χ3v) is 3.66. The number of amides is 1. The van der Waals surface area contributed by atoms with Crippen LogP contribution in [0.25, 0.3) is 0 Å². The predicted octanol–water partition coefficient (Wildman–Crippen LogP) is 2.00. The SMILES string of the molecule is COCCCCCC(=O)N1CCN(CC#CC(C)C)CC1. The van der Waals surface area contributed by atoms with Gasteiger partial charge in [0.05, 0.1) is 6.54 Å². The standard InChI is InChI=1S/C17H30N2O2/c1-16(2)8-7-10-18-11-13-19(14-12-18)17(20)9-5-4-6-15-21-3/h16H,4-6,9-15H2,1-3H3. The number of hydrogen-bond donors (Lipinski definition) is 0. The summed E-state index contributed by atoms with van der Waals surface area (Å²) in [5.74, 6) is 7.14. The smallest absolute Gasteiger partial charge is 0.222 e. The van der Waals surface area contributed by atoms with E-state index >= 15 is 0 Å². The van der Waals surface area contributed by atoms with Gasteiger partial charge in [-0.25, -0.2) is 0 Å². The monoisotopic (exact) mass is 294 g/mol. The van der Waals surface area contributed by atoms with Crippen molar-refractivity contribution in [1.82, 2.24) is 9.80 Å². The first-order chi connectivity index (χ1) is 10.1. The molecule has 21 heavy (non-hydrogen) atoms. The zero-order chi connectivity index (χ0) is 15.5. The first kappa shape index (κ1) is 18.0. The molecule has 120 valence electrons. The first-order valence-electron chi connectivity index (χ1n) is 8.11. The van der Waals surface area contributed by atoms with E-state index in [4.69, 9.17) is 4.74 Å². The Morgan fingerprint density at radius 1 is 1.14 bits per heavy atom. The third kappa shape index (κ3) is 8.08. The highest BCUT2D eigenvalue weighted by molar-refractivity contribution is 5.76. The molecule has 4 nitrogen and oxygen atoms in total. The summed E-state index contributed by atoms with van der Waals surface area (Å²) in [4.78, 5) is 16.4. The van der Waals surface area contributed by atoms with Crippen molar-refractivity contribution in [2.75, 3.05) is 46.4 Å². The molecule has 1 saturated heterocycles. The fourth-order valence-corrected chi connectivity index (χ4v) is 2.37. The fourth-order valence-electron chi connectivity index (χ4n) is 2.37. The van der Waals surface area contributed by atoms with E-state index in [-0.39, 0.29) is 0 Å². The van der Waals surface area contributed by atoms with Crippen LogP contribution in [0.2, 0.25) is 0 Å². The van der Waals surface area contributed by atoms with Gasteiger partial charge in [-0.05, 0) is 12.8 Å². The van der Waals surface area contributed by atoms with Crippen LogP contribution in [0.3, 0.4) is 0 Å². The normalized spacial score (nSPS) is 15.9. The van der Waals surface area contributed by atoms with Gasteiger partial charge in [0.2, 0.25) is 5.91 Å². The second kappa shape index (κ2) is 10.6. The number of nitrogens with zero attached hydrogens (tertiary/aromatic N) is 2. The van der Waals surface area contributed by atoms with Gasteiger partial charge in [0.25, 0.3) is 0 Å². The Labute approximate surface area is 129 Å². The first-order valence-corrected chi connectivity index (χ1v) is 8.11. The summed E-state index contributed by atoms with van der Waals surface area (Å²) in [7, 11) is 1.72. The van der Waals surface area contributed by atoms with Crippen molar-refractivity contribution in [2.45, 2.75) is 39.5 Å². The van der Waals surface area contributed by atoms with E-state index < -0.39 is 0 Å². The number of ether oxygens (including phenoxy) is 1. The molecule has 0 unspecified atom stereocenters. The van der Waals surface area contributed by atoms with Gasteiger partial charge in [-0.2, -0.15) is 0 Å². The number of carbonyl (C=O) groups excluding carboxylic acids is 1. The van der Waals surface area contributed by atoms with E-state index in [1.54, 1.807) is 7.11 Å². The van der Waals surface area contributed by atoms with E-state index in [0.717, 1.165) is 58.6 Å². The third-order valence-electron chi connectivity index (χ3n) is 3.66. The summed E-state index contributed by atoms with van der Waals surface area (Å²) in [5, 5.41) is 0. The summed E-state index contributed by atoms with van der Waals surface area (Å²) >= 11 is 0. The van der Waals surface area contributed by atoms with Gasteiger partial charge in [0.15, 0.2) is 0 Å². The van der Waals surface area contributed by atoms with Crippen molar-refractivity contribution in [3.63, 3.8) is 0 Å². The highest BCUT2D eigenvalue weighted by Gasteiger charge is 2.19. The Balaban J connectivity index is 2.14. The van der Waals surface area contributed by atoms with Crippen molar-refractivity contribution in [3.05, 3.63) is 0 Å². The summed E-state index contributed by atoms with van der Waals surface area (Å²) in [6.07, 6.45) is 3.77. The molecule has 1 rings (SSSR count). The van der Waals surface area contributed by atoms with Gasteiger partial charge < -0.3 is 9.64 Å². The van der Waals surface area contributed by atoms with E-state index in [9.17, 15) is 4.79 Å². The molecule has 1 aliphatic rings. The molecule has 1 heterocycles. The maximum absolute atomic E-state index is 12.1. The lowest BCUT2D eigenvalue weighted by Crippen LogP contribution is -2.48. The zero-order valence-corrected chi connectivity index (χ0v) is 13.9. The second-order valence-corrected chi connectivity index (χ2v) is 5.94. The molecular weight excluding hydrogens is 264 g/mol. The lowest BCUT2D eigenvalue weighted by molar-refractivity contribution is -0.133. The number of methoxy groups -OCH3 is 1. The molecule has 1 fully saturated rings. The molecule has 0 aromatic rings. The van der Waals surface area contributed by atoms with Crippen LogP contribution >= 0.6 is 0 Å². The van der Waals surface area contributed by atoms with Crippen LogP contribution < -0.4 is 0 Å². The molecular formula is C17H30N2O2. The largest absolute Gasteiger partial charge is 0.385 e. The molecule has 0 aliphatic carbocycles. The number of unbranched alkanes of at least 4 members (excludes halogenated alkanes) is 2. The van der Waals surface area contributed by atoms with Crippen LogP contribution in [0.15, 0.2) is 0 Å². The van der Waals surface area contributed by atoms with Crippen molar-refractivity contribution in [1.29, 1.82) is 0 Å². The lowest BCUT2D eigenvalue weighted by Gasteiger charge is -2.33. The summed E-state index contributed by atoms with van der Waals surface area (Å²) < 4.78 is 5.01. The van der Waals surface area contributed by atoms with Crippen LogP contribution in [-0.2, 0) is 9.53 Å². The van der Waals surface area contributed by atoms with Gasteiger partial charge in [-0.3, -0.25) is 9.69 Å². The topological polar surface area (TPSA) is 32.8 Å². The van der Waals surface area contributed by atoms with Crippen molar-refractivity contribution in [2.24, 2.45) is 5.92 Å². The van der Waals surface area contributed by atoms with Crippen LogP contribution in [0.1, 0.15) is 39.5 Å². The van der Waals surface area contributed by atoms with Crippen LogP contribution in [0.5, 0.6) is 0 Å². The lowest BCUT2D eigenvalue weighted by atomic mass is 10.1. The Bertz CT molecular complexity index is 350. The van der Waals surface area contributed by atoms with Crippen molar-refractivity contribution < 1.29 is 9.53 Å². The van der Waals surface area contributed by atoms with E-state index in [2.05, 4.69) is 30.6 Å². The highest BCUT2D eigenvalue weighted by Crippen LogP contribution is 2.07. The van der Waals surface area contributed by atoms with Gasteiger partial charge >= 0.3 is 0 Å². The van der Waals surface area contributed by atoms with E-state index in [1.165, 1.54) is 0 Å². The molecule has 0 bridgehead atoms. The van der Waals surface area contributed by atoms with Crippen LogP contribution in [0, 0.1) is 17.8 Å². The number of hydrogen-bond acceptors (Lipinski definition) is 3. The fraction of sp³-hybridized carbons (Fsp3) is 0.824. The van der Waals surface area contributed by atoms with Gasteiger partial charge in [0, 0.05) is 52.2 Å². The minimum absolute atomic E-state index is 0.306. The number of piperazine rings is 1. The number of rotatable bonds is 7. The highest BCUT2D eigenvalue weighted by atomic mass is 16.5. The second-order valence-electron chi connectivity index (χ2n) is 5.94. The molecule has 0 N–H and O–H groups in total. The van der Waals surface area contributed by atoms with Crippen molar-refractivity contribution >= 4 is 5.91 Å². The Hall–Kier alpha value is -1.05. The Kier molecular flexibility index (Phi) is 9.12. The van der Waals surface area contributed by atoms with Crippen molar-refractivity contribution in [3.8, 4) is 11.8 Å². The molecule has 0 atom stereocenters. The van der Waals surface area contributed by atoms with Crippen LogP contribution in [0.4, 0.5) is 0 Å². The van der Waals surface area contributed by atoms with Gasteiger partial charge in [-0.1, -0.05) is 32.1 Å². The van der Waals surface area contributed by atoms with Gasteiger partial charge in [-0.15, -0.1) is 0 Å². The quantitative estimate of drug-likeness (QED) is 0.532. The zero-order valence-electron chi connectivity index (χ0n) is 13.9. The minimum Gasteiger partial charge on any atom is -0.385 e. The summed E-state index contributed by atoms with van der Waals surface area (Å²) in [6.45, 7) is 9.43. The summed E-state index contributed by atoms with van der Waals surface area (Å²) in [5.41, 5.74) is 0. The molecule has 0 radical (unpaired) electrons. The molecule has 0 saturated carbocycles.